The van der Waals surface area contributed by atoms with Gasteiger partial charge in [-0.3, -0.25) is 14.9 Å². The molecule has 10 heteroatoms. The SMILES string of the molecule is CCOc1cc(/C=C2\C(=O)NC(=O)N(c3ccc(Cl)cc3)C2=O)cc(Br)c1OCc1ccccc1Br. The van der Waals surface area contributed by atoms with Crippen molar-refractivity contribution in [2.45, 2.75) is 13.5 Å². The maximum absolute atomic E-state index is 13.2. The number of rotatable bonds is 7. The predicted octanol–water partition coefficient (Wildman–Crippen LogP) is 6.51. The van der Waals surface area contributed by atoms with Crippen LogP contribution in [0.4, 0.5) is 10.5 Å². The topological polar surface area (TPSA) is 84.9 Å². The molecule has 3 aromatic rings. The number of nitrogens with zero attached hydrogens (tertiary/aromatic N) is 1. The van der Waals surface area contributed by atoms with Gasteiger partial charge in [0.15, 0.2) is 11.5 Å². The zero-order chi connectivity index (χ0) is 25.8. The largest absolute Gasteiger partial charge is 0.490 e. The zero-order valence-corrected chi connectivity index (χ0v) is 22.8. The van der Waals surface area contributed by atoms with Crippen LogP contribution in [-0.2, 0) is 16.2 Å². The molecule has 1 aliphatic heterocycles. The molecule has 0 unspecified atom stereocenters. The van der Waals surface area contributed by atoms with Gasteiger partial charge in [-0.05, 0) is 77.0 Å². The molecule has 7 nitrogen and oxygen atoms in total. The summed E-state index contributed by atoms with van der Waals surface area (Å²) < 4.78 is 13.3. The summed E-state index contributed by atoms with van der Waals surface area (Å²) in [6.45, 7) is 2.50. The Hall–Kier alpha value is -3.14. The van der Waals surface area contributed by atoms with Gasteiger partial charge in [0.05, 0.1) is 16.8 Å². The third-order valence-corrected chi connectivity index (χ3v) is 6.77. The molecule has 1 aliphatic rings. The molecule has 1 fully saturated rings. The fraction of sp³-hybridized carbons (Fsp3) is 0.115. The number of carbonyl (C=O) groups excluding carboxylic acids is 3. The highest BCUT2D eigenvalue weighted by molar-refractivity contribution is 9.10. The summed E-state index contributed by atoms with van der Waals surface area (Å²) in [5.41, 5.74) is 1.53. The molecule has 184 valence electrons. The van der Waals surface area contributed by atoms with E-state index in [2.05, 4.69) is 37.2 Å². The molecule has 0 spiro atoms. The quantitative estimate of drug-likeness (QED) is 0.237. The van der Waals surface area contributed by atoms with Crippen LogP contribution < -0.4 is 19.7 Å². The van der Waals surface area contributed by atoms with Crippen LogP contribution in [0.5, 0.6) is 11.5 Å². The Labute approximate surface area is 229 Å². The van der Waals surface area contributed by atoms with E-state index >= 15 is 0 Å². The lowest BCUT2D eigenvalue weighted by atomic mass is 10.1. The molecule has 0 radical (unpaired) electrons. The fourth-order valence-electron chi connectivity index (χ4n) is 3.49. The molecule has 0 atom stereocenters. The van der Waals surface area contributed by atoms with Crippen molar-refractivity contribution in [1.82, 2.24) is 5.32 Å². The van der Waals surface area contributed by atoms with Gasteiger partial charge < -0.3 is 9.47 Å². The van der Waals surface area contributed by atoms with Crippen molar-refractivity contribution in [2.75, 3.05) is 11.5 Å². The van der Waals surface area contributed by atoms with Crippen LogP contribution in [0, 0.1) is 0 Å². The summed E-state index contributed by atoms with van der Waals surface area (Å²) in [4.78, 5) is 39.0. The normalized spacial score (nSPS) is 14.7. The van der Waals surface area contributed by atoms with Crippen molar-refractivity contribution in [3.8, 4) is 11.5 Å². The average Bonchev–Trinajstić information content (AvgIpc) is 2.83. The van der Waals surface area contributed by atoms with Crippen molar-refractivity contribution in [2.24, 2.45) is 0 Å². The van der Waals surface area contributed by atoms with Gasteiger partial charge in [-0.2, -0.15) is 0 Å². The van der Waals surface area contributed by atoms with E-state index < -0.39 is 17.8 Å². The average molecular weight is 635 g/mol. The van der Waals surface area contributed by atoms with Crippen molar-refractivity contribution in [3.63, 3.8) is 0 Å². The van der Waals surface area contributed by atoms with Crippen LogP contribution in [0.1, 0.15) is 18.1 Å². The Morgan fingerprint density at radius 1 is 0.972 bits per heavy atom. The number of carbonyl (C=O) groups is 3. The van der Waals surface area contributed by atoms with Crippen LogP contribution >= 0.6 is 43.5 Å². The highest BCUT2D eigenvalue weighted by Crippen LogP contribution is 2.38. The Morgan fingerprint density at radius 3 is 2.39 bits per heavy atom. The lowest BCUT2D eigenvalue weighted by molar-refractivity contribution is -0.122. The van der Waals surface area contributed by atoms with E-state index in [1.807, 2.05) is 31.2 Å². The second-order valence-corrected chi connectivity index (χ2v) is 9.72. The summed E-state index contributed by atoms with van der Waals surface area (Å²) in [6.07, 6.45) is 1.40. The third-order valence-electron chi connectivity index (χ3n) is 5.16. The lowest BCUT2D eigenvalue weighted by Crippen LogP contribution is -2.54. The van der Waals surface area contributed by atoms with Crippen molar-refractivity contribution in [3.05, 3.63) is 91.3 Å². The Bertz CT molecular complexity index is 1380. The summed E-state index contributed by atoms with van der Waals surface area (Å²) in [5, 5.41) is 2.66. The van der Waals surface area contributed by atoms with Crippen LogP contribution in [-0.4, -0.2) is 24.5 Å². The van der Waals surface area contributed by atoms with E-state index in [-0.39, 0.29) is 11.3 Å². The van der Waals surface area contributed by atoms with E-state index in [9.17, 15) is 14.4 Å². The van der Waals surface area contributed by atoms with Gasteiger partial charge in [0.1, 0.15) is 12.2 Å². The summed E-state index contributed by atoms with van der Waals surface area (Å²) in [6, 6.07) is 16.4. The molecule has 4 rings (SSSR count). The molecule has 0 aromatic heterocycles. The molecule has 1 saturated heterocycles. The first-order valence-electron chi connectivity index (χ1n) is 10.8. The number of benzene rings is 3. The molecule has 36 heavy (non-hydrogen) atoms. The zero-order valence-electron chi connectivity index (χ0n) is 18.9. The molecule has 1 N–H and O–H groups in total. The van der Waals surface area contributed by atoms with E-state index in [1.54, 1.807) is 24.3 Å². The monoisotopic (exact) mass is 632 g/mol. The first kappa shape index (κ1) is 25.9. The van der Waals surface area contributed by atoms with Crippen LogP contribution in [0.25, 0.3) is 6.08 Å². The Balaban J connectivity index is 1.66. The minimum Gasteiger partial charge on any atom is -0.490 e. The second kappa shape index (κ2) is 11.3. The van der Waals surface area contributed by atoms with Crippen LogP contribution in [0.2, 0.25) is 5.02 Å². The summed E-state index contributed by atoms with van der Waals surface area (Å²) in [7, 11) is 0. The van der Waals surface area contributed by atoms with Gasteiger partial charge in [0.2, 0.25) is 0 Å². The number of barbiturate groups is 1. The number of amides is 4. The molecule has 1 heterocycles. The molecular formula is C26H19Br2ClN2O5. The smallest absolute Gasteiger partial charge is 0.335 e. The summed E-state index contributed by atoms with van der Waals surface area (Å²) >= 11 is 12.9. The van der Waals surface area contributed by atoms with E-state index in [4.69, 9.17) is 21.1 Å². The standard InChI is InChI=1S/C26H19Br2ClN2O5/c1-2-35-22-13-15(12-21(28)23(22)36-14-16-5-3-4-6-20(16)27)11-19-24(32)30-26(34)31(25(19)33)18-9-7-17(29)8-10-18/h3-13H,2,14H2,1H3,(H,30,32,34)/b19-11+. The molecule has 3 aromatic carbocycles. The van der Waals surface area contributed by atoms with Gasteiger partial charge in [0, 0.05) is 15.1 Å². The molecule has 0 saturated carbocycles. The number of imide groups is 2. The third kappa shape index (κ3) is 5.64. The van der Waals surface area contributed by atoms with E-state index in [0.717, 1.165) is 14.9 Å². The highest BCUT2D eigenvalue weighted by Gasteiger charge is 2.36. The predicted molar refractivity (Wildman–Crippen MR) is 144 cm³/mol. The van der Waals surface area contributed by atoms with Crippen molar-refractivity contribution < 1.29 is 23.9 Å². The van der Waals surface area contributed by atoms with E-state index in [1.165, 1.54) is 18.2 Å². The maximum atomic E-state index is 13.2. The number of ether oxygens (including phenoxy) is 2. The number of halogens is 3. The van der Waals surface area contributed by atoms with Gasteiger partial charge >= 0.3 is 6.03 Å². The van der Waals surface area contributed by atoms with Crippen LogP contribution in [0.3, 0.4) is 0 Å². The van der Waals surface area contributed by atoms with Gasteiger partial charge in [0.25, 0.3) is 11.8 Å². The highest BCUT2D eigenvalue weighted by atomic mass is 79.9. The van der Waals surface area contributed by atoms with Crippen molar-refractivity contribution in [1.29, 1.82) is 0 Å². The number of hydrogen-bond acceptors (Lipinski definition) is 5. The molecule has 0 bridgehead atoms. The lowest BCUT2D eigenvalue weighted by Gasteiger charge is -2.26. The fourth-order valence-corrected chi connectivity index (χ4v) is 4.59. The van der Waals surface area contributed by atoms with Gasteiger partial charge in [-0.1, -0.05) is 45.7 Å². The van der Waals surface area contributed by atoms with Gasteiger partial charge in [-0.15, -0.1) is 0 Å². The molecule has 0 aliphatic carbocycles. The Morgan fingerprint density at radius 2 is 1.69 bits per heavy atom. The summed E-state index contributed by atoms with van der Waals surface area (Å²) in [5.74, 6) is -0.639. The molecular weight excluding hydrogens is 616 g/mol. The van der Waals surface area contributed by atoms with Crippen molar-refractivity contribution >= 4 is 73.1 Å². The van der Waals surface area contributed by atoms with E-state index in [0.29, 0.717) is 39.8 Å². The second-order valence-electron chi connectivity index (χ2n) is 7.58. The van der Waals surface area contributed by atoms with Crippen LogP contribution in [0.15, 0.2) is 75.2 Å². The number of hydrogen-bond donors (Lipinski definition) is 1. The maximum Gasteiger partial charge on any atom is 0.335 e. The number of anilines is 1. The minimum atomic E-state index is -0.837. The first-order valence-corrected chi connectivity index (χ1v) is 12.7. The first-order chi connectivity index (χ1) is 17.3. The van der Waals surface area contributed by atoms with Gasteiger partial charge in [-0.25, -0.2) is 9.69 Å². The number of nitrogens with one attached hydrogen (secondary N) is 1. The molecule has 4 amide bonds. The number of urea groups is 1. The Kier molecular flexibility index (Phi) is 8.13. The minimum absolute atomic E-state index is 0.208.